The molecule has 1 aliphatic heterocycles. The predicted octanol–water partition coefficient (Wildman–Crippen LogP) is 6.63. The molecule has 4 aliphatic carbocycles. The van der Waals surface area contributed by atoms with E-state index in [-0.39, 0.29) is 6.10 Å². The zero-order valence-corrected chi connectivity index (χ0v) is 18.6. The Labute approximate surface area is 186 Å². The lowest BCUT2D eigenvalue weighted by Gasteiger charge is -2.60. The summed E-state index contributed by atoms with van der Waals surface area (Å²) in [5, 5.41) is 0. The molecule has 2 aromatic rings. The summed E-state index contributed by atoms with van der Waals surface area (Å²) in [6, 6.07) is 16.8. The van der Waals surface area contributed by atoms with Crippen LogP contribution in [-0.4, -0.2) is 18.5 Å². The van der Waals surface area contributed by atoms with Crippen molar-refractivity contribution >= 4 is 21.5 Å². The van der Waals surface area contributed by atoms with Gasteiger partial charge in [-0.05, 0) is 78.3 Å². The largest absolute Gasteiger partial charge is 0.344 e. The molecule has 4 heteroatoms. The molecule has 1 spiro atoms. The zero-order chi connectivity index (χ0) is 20.3. The Kier molecular flexibility index (Phi) is 4.68. The van der Waals surface area contributed by atoms with Crippen LogP contribution >= 0.6 is 15.9 Å². The fourth-order valence-corrected chi connectivity index (χ4v) is 6.73. The van der Waals surface area contributed by atoms with Crippen LogP contribution < -0.4 is 0 Å². The van der Waals surface area contributed by atoms with Crippen LogP contribution in [0.3, 0.4) is 0 Å². The topological polar surface area (TPSA) is 27.7 Å². The molecule has 0 radical (unpaired) electrons. The highest BCUT2D eigenvalue weighted by atomic mass is 79.9. The van der Waals surface area contributed by atoms with Crippen LogP contribution in [0.25, 0.3) is 16.7 Å². The van der Waals surface area contributed by atoms with Gasteiger partial charge in [-0.25, -0.2) is 4.89 Å². The van der Waals surface area contributed by atoms with E-state index in [9.17, 15) is 0 Å². The minimum absolute atomic E-state index is 0.258. The van der Waals surface area contributed by atoms with Gasteiger partial charge in [0, 0.05) is 16.3 Å². The van der Waals surface area contributed by atoms with Crippen molar-refractivity contribution < 1.29 is 14.5 Å². The van der Waals surface area contributed by atoms with Crippen LogP contribution in [0.2, 0.25) is 0 Å². The van der Waals surface area contributed by atoms with Gasteiger partial charge in [0.25, 0.3) is 0 Å². The first-order chi connectivity index (χ1) is 14.6. The van der Waals surface area contributed by atoms with Crippen molar-refractivity contribution in [3.63, 3.8) is 0 Å². The van der Waals surface area contributed by atoms with E-state index in [0.29, 0.717) is 18.4 Å². The zero-order valence-electron chi connectivity index (χ0n) is 17.1. The molecular formula is C26H27BrO3. The first-order valence-electron chi connectivity index (χ1n) is 11.1. The molecule has 0 N–H and O–H groups in total. The maximum Gasteiger partial charge on any atom is 0.207 e. The molecule has 5 fully saturated rings. The summed E-state index contributed by atoms with van der Waals surface area (Å²) in [4.78, 5) is 12.1. The Morgan fingerprint density at radius 2 is 1.40 bits per heavy atom. The van der Waals surface area contributed by atoms with Crippen LogP contribution in [0.15, 0.2) is 59.6 Å². The molecule has 4 bridgehead atoms. The van der Waals surface area contributed by atoms with Crippen LogP contribution in [0.5, 0.6) is 0 Å². The van der Waals surface area contributed by atoms with Crippen LogP contribution in [0.1, 0.15) is 37.7 Å². The Hall–Kier alpha value is -1.46. The molecular weight excluding hydrogens is 440 g/mol. The SMILES string of the molecule is C=C(c1ccc(-c2ccc(Br)cc2)cc1)C1COC2(OO1)C1CC3CC(C1)CC2C3. The summed E-state index contributed by atoms with van der Waals surface area (Å²) < 4.78 is 7.58. The Morgan fingerprint density at radius 3 is 1.93 bits per heavy atom. The average Bonchev–Trinajstić information content (AvgIpc) is 2.78. The molecule has 1 atom stereocenters. The van der Waals surface area contributed by atoms with Gasteiger partial charge in [0.1, 0.15) is 6.10 Å². The highest BCUT2D eigenvalue weighted by Crippen LogP contribution is 2.60. The molecule has 7 rings (SSSR count). The highest BCUT2D eigenvalue weighted by Gasteiger charge is 2.61. The predicted molar refractivity (Wildman–Crippen MR) is 120 cm³/mol. The van der Waals surface area contributed by atoms with Crippen molar-refractivity contribution in [1.29, 1.82) is 0 Å². The third kappa shape index (κ3) is 3.12. The molecule has 5 aliphatic rings. The summed E-state index contributed by atoms with van der Waals surface area (Å²) in [6.07, 6.45) is 6.10. The molecule has 4 saturated carbocycles. The summed E-state index contributed by atoms with van der Waals surface area (Å²) >= 11 is 3.49. The maximum absolute atomic E-state index is 6.49. The number of halogens is 1. The Morgan fingerprint density at radius 1 is 0.833 bits per heavy atom. The number of benzene rings is 2. The number of rotatable bonds is 3. The van der Waals surface area contributed by atoms with E-state index >= 15 is 0 Å². The lowest BCUT2D eigenvalue weighted by Crippen LogP contribution is -2.63. The minimum Gasteiger partial charge on any atom is -0.344 e. The standard InChI is InChI=1S/C26H27BrO3/c1-16(19-2-4-20(5-3-19)21-6-8-24(27)9-7-21)25-15-28-26(30-29-25)22-11-17-10-18(13-22)14-23(26)12-17/h2-9,17-18,22-23,25H,1,10-15H2. The fraction of sp³-hybridized carbons (Fsp3) is 0.462. The smallest absolute Gasteiger partial charge is 0.207 e. The van der Waals surface area contributed by atoms with Gasteiger partial charge in [0.05, 0.1) is 6.61 Å². The molecule has 30 heavy (non-hydrogen) atoms. The second-order valence-corrected chi connectivity index (χ2v) is 10.5. The first kappa shape index (κ1) is 19.2. The summed E-state index contributed by atoms with van der Waals surface area (Å²) in [5.74, 6) is 2.24. The van der Waals surface area contributed by atoms with E-state index < -0.39 is 5.79 Å². The minimum atomic E-state index is -0.504. The van der Waals surface area contributed by atoms with Crippen molar-refractivity contribution in [2.24, 2.45) is 23.7 Å². The maximum atomic E-state index is 6.49. The molecule has 1 unspecified atom stereocenters. The van der Waals surface area contributed by atoms with Crippen LogP contribution in [0.4, 0.5) is 0 Å². The lowest BCUT2D eigenvalue weighted by atomic mass is 9.53. The highest BCUT2D eigenvalue weighted by molar-refractivity contribution is 9.10. The van der Waals surface area contributed by atoms with Gasteiger partial charge in [0.2, 0.25) is 5.79 Å². The van der Waals surface area contributed by atoms with Crippen molar-refractivity contribution in [2.45, 2.75) is 44.0 Å². The van der Waals surface area contributed by atoms with Gasteiger partial charge < -0.3 is 4.74 Å². The van der Waals surface area contributed by atoms with Gasteiger partial charge in [-0.15, -0.1) is 0 Å². The second kappa shape index (κ2) is 7.30. The Bertz CT molecular complexity index is 911. The van der Waals surface area contributed by atoms with E-state index in [1.807, 2.05) is 0 Å². The van der Waals surface area contributed by atoms with Crippen molar-refractivity contribution in [3.05, 3.63) is 65.1 Å². The summed E-state index contributed by atoms with van der Waals surface area (Å²) in [7, 11) is 0. The van der Waals surface area contributed by atoms with Crippen molar-refractivity contribution in [1.82, 2.24) is 0 Å². The van der Waals surface area contributed by atoms with Gasteiger partial charge in [-0.2, -0.15) is 4.89 Å². The third-order valence-corrected chi connectivity index (χ3v) is 8.38. The average molecular weight is 467 g/mol. The number of hydrogen-bond donors (Lipinski definition) is 0. The van der Waals surface area contributed by atoms with Gasteiger partial charge in [-0.3, -0.25) is 0 Å². The molecule has 0 aromatic heterocycles. The normalized spacial score (nSPS) is 36.9. The number of hydrogen-bond acceptors (Lipinski definition) is 3. The van der Waals surface area contributed by atoms with Gasteiger partial charge in [-0.1, -0.05) is 58.9 Å². The number of ether oxygens (including phenoxy) is 1. The first-order valence-corrected chi connectivity index (χ1v) is 11.9. The lowest BCUT2D eigenvalue weighted by molar-refractivity contribution is -0.517. The fourth-order valence-electron chi connectivity index (χ4n) is 6.47. The van der Waals surface area contributed by atoms with Crippen LogP contribution in [0, 0.1) is 23.7 Å². The van der Waals surface area contributed by atoms with Crippen molar-refractivity contribution in [2.75, 3.05) is 6.61 Å². The van der Waals surface area contributed by atoms with Gasteiger partial charge >= 0.3 is 0 Å². The summed E-state index contributed by atoms with van der Waals surface area (Å²) in [6.45, 7) is 4.82. The third-order valence-electron chi connectivity index (χ3n) is 7.85. The molecule has 156 valence electrons. The van der Waals surface area contributed by atoms with Crippen LogP contribution in [-0.2, 0) is 14.5 Å². The molecule has 1 heterocycles. The monoisotopic (exact) mass is 466 g/mol. The summed E-state index contributed by atoms with van der Waals surface area (Å²) in [5.41, 5.74) is 4.36. The van der Waals surface area contributed by atoms with E-state index in [1.54, 1.807) is 0 Å². The van der Waals surface area contributed by atoms with E-state index in [0.717, 1.165) is 27.4 Å². The quantitative estimate of drug-likeness (QED) is 0.475. The van der Waals surface area contributed by atoms with E-state index in [2.05, 4.69) is 71.0 Å². The molecule has 0 amide bonds. The van der Waals surface area contributed by atoms with E-state index in [4.69, 9.17) is 14.5 Å². The molecule has 2 aromatic carbocycles. The molecule has 1 saturated heterocycles. The molecule has 3 nitrogen and oxygen atoms in total. The van der Waals surface area contributed by atoms with Crippen molar-refractivity contribution in [3.8, 4) is 11.1 Å². The van der Waals surface area contributed by atoms with Gasteiger partial charge in [0.15, 0.2) is 0 Å². The second-order valence-electron chi connectivity index (χ2n) is 9.61. The van der Waals surface area contributed by atoms with E-state index in [1.165, 1.54) is 43.2 Å². The Balaban J connectivity index is 1.14.